The van der Waals surface area contributed by atoms with Crippen LogP contribution in [-0.4, -0.2) is 36.4 Å². The van der Waals surface area contributed by atoms with Crippen LogP contribution in [0, 0.1) is 0 Å². The summed E-state index contributed by atoms with van der Waals surface area (Å²) < 4.78 is 5.13. The van der Waals surface area contributed by atoms with Crippen LogP contribution in [0.3, 0.4) is 0 Å². The summed E-state index contributed by atoms with van der Waals surface area (Å²) in [5, 5.41) is 14.3. The lowest BCUT2D eigenvalue weighted by atomic mass is 10.2. The Morgan fingerprint density at radius 2 is 2.21 bits per heavy atom. The molecule has 1 aliphatic rings. The van der Waals surface area contributed by atoms with Crippen LogP contribution < -0.4 is 10.6 Å². The number of rotatable bonds is 3. The van der Waals surface area contributed by atoms with Crippen LogP contribution in [0.2, 0.25) is 5.02 Å². The van der Waals surface area contributed by atoms with E-state index < -0.39 is 12.0 Å². The number of anilines is 1. The van der Waals surface area contributed by atoms with Gasteiger partial charge in [-0.2, -0.15) is 0 Å². The van der Waals surface area contributed by atoms with Gasteiger partial charge >= 0.3 is 12.0 Å². The van der Waals surface area contributed by atoms with Crippen molar-refractivity contribution in [3.05, 3.63) is 28.8 Å². The van der Waals surface area contributed by atoms with E-state index in [0.717, 1.165) is 6.42 Å². The van der Waals surface area contributed by atoms with Gasteiger partial charge in [0.25, 0.3) is 0 Å². The highest BCUT2D eigenvalue weighted by atomic mass is 35.5. The van der Waals surface area contributed by atoms with Gasteiger partial charge in [-0.05, 0) is 18.6 Å². The van der Waals surface area contributed by atoms with Crippen LogP contribution in [0.15, 0.2) is 18.2 Å². The van der Waals surface area contributed by atoms with E-state index in [9.17, 15) is 9.59 Å². The van der Waals surface area contributed by atoms with Crippen molar-refractivity contribution in [2.45, 2.75) is 12.5 Å². The molecule has 0 saturated carbocycles. The summed E-state index contributed by atoms with van der Waals surface area (Å²) in [5.41, 5.74) is 0.0402. The van der Waals surface area contributed by atoms with Crippen molar-refractivity contribution in [1.82, 2.24) is 5.32 Å². The van der Waals surface area contributed by atoms with E-state index in [-0.39, 0.29) is 22.3 Å². The molecule has 19 heavy (non-hydrogen) atoms. The number of amides is 2. The van der Waals surface area contributed by atoms with Gasteiger partial charge in [0.05, 0.1) is 23.4 Å². The molecule has 1 fully saturated rings. The molecule has 6 nitrogen and oxygen atoms in total. The third kappa shape index (κ3) is 3.36. The van der Waals surface area contributed by atoms with Crippen molar-refractivity contribution >= 4 is 29.3 Å². The van der Waals surface area contributed by atoms with E-state index in [4.69, 9.17) is 21.4 Å². The third-order valence-electron chi connectivity index (χ3n) is 2.74. The lowest BCUT2D eigenvalue weighted by Crippen LogP contribution is -2.38. The molecule has 0 bridgehead atoms. The molecular weight excluding hydrogens is 272 g/mol. The molecule has 1 saturated heterocycles. The molecule has 0 spiro atoms. The van der Waals surface area contributed by atoms with Crippen molar-refractivity contribution in [1.29, 1.82) is 0 Å². The number of hydrogen-bond donors (Lipinski definition) is 3. The number of carbonyl (C=O) groups excluding carboxylic acids is 1. The summed E-state index contributed by atoms with van der Waals surface area (Å²) >= 11 is 5.81. The molecule has 2 amide bonds. The van der Waals surface area contributed by atoms with Gasteiger partial charge in [0.2, 0.25) is 0 Å². The Labute approximate surface area is 114 Å². The monoisotopic (exact) mass is 284 g/mol. The minimum Gasteiger partial charge on any atom is -0.478 e. The second kappa shape index (κ2) is 5.90. The van der Waals surface area contributed by atoms with Gasteiger partial charge in [-0.1, -0.05) is 17.7 Å². The molecule has 3 N–H and O–H groups in total. The third-order valence-corrected chi connectivity index (χ3v) is 3.06. The average molecular weight is 285 g/mol. The van der Waals surface area contributed by atoms with Crippen LogP contribution in [0.4, 0.5) is 10.5 Å². The van der Waals surface area contributed by atoms with Crippen molar-refractivity contribution in [2.24, 2.45) is 0 Å². The summed E-state index contributed by atoms with van der Waals surface area (Å²) in [7, 11) is 0. The molecule has 2 rings (SSSR count). The van der Waals surface area contributed by atoms with Crippen LogP contribution in [-0.2, 0) is 4.74 Å². The van der Waals surface area contributed by atoms with Crippen molar-refractivity contribution in [3.63, 3.8) is 0 Å². The number of ether oxygens (including phenoxy) is 1. The Hall–Kier alpha value is -1.79. The normalized spacial score (nSPS) is 18.1. The number of carboxylic acid groups (broad SMARTS) is 1. The Morgan fingerprint density at radius 1 is 1.42 bits per heavy atom. The van der Waals surface area contributed by atoms with Gasteiger partial charge < -0.3 is 20.5 Å². The molecule has 0 radical (unpaired) electrons. The zero-order valence-corrected chi connectivity index (χ0v) is 10.7. The molecule has 102 valence electrons. The topological polar surface area (TPSA) is 87.7 Å². The highest BCUT2D eigenvalue weighted by molar-refractivity contribution is 6.34. The van der Waals surface area contributed by atoms with E-state index >= 15 is 0 Å². The zero-order valence-electron chi connectivity index (χ0n) is 9.98. The van der Waals surface area contributed by atoms with Gasteiger partial charge in [0.15, 0.2) is 0 Å². The molecule has 1 aromatic carbocycles. The fourth-order valence-corrected chi connectivity index (χ4v) is 2.09. The molecular formula is C12H13ClN2O4. The number of urea groups is 1. The van der Waals surface area contributed by atoms with Gasteiger partial charge in [-0.3, -0.25) is 0 Å². The summed E-state index contributed by atoms with van der Waals surface area (Å²) in [6, 6.07) is 4.00. The second-order valence-electron chi connectivity index (χ2n) is 4.13. The van der Waals surface area contributed by atoms with Gasteiger partial charge in [0, 0.05) is 6.61 Å². The van der Waals surface area contributed by atoms with E-state index in [0.29, 0.717) is 13.2 Å². The fraction of sp³-hybridized carbons (Fsp3) is 0.333. The highest BCUT2D eigenvalue weighted by Gasteiger charge is 2.20. The number of carboxylic acids is 1. The minimum absolute atomic E-state index is 0.0486. The smallest absolute Gasteiger partial charge is 0.339 e. The summed E-state index contributed by atoms with van der Waals surface area (Å²) in [4.78, 5) is 22.8. The lowest BCUT2D eigenvalue weighted by Gasteiger charge is -2.13. The first-order valence-electron chi connectivity index (χ1n) is 5.75. The summed E-state index contributed by atoms with van der Waals surface area (Å²) in [6.45, 7) is 1.08. The van der Waals surface area contributed by atoms with Crippen molar-refractivity contribution in [3.8, 4) is 0 Å². The lowest BCUT2D eigenvalue weighted by molar-refractivity contribution is 0.0698. The Balaban J connectivity index is 2.07. The minimum atomic E-state index is -1.19. The Bertz CT molecular complexity index is 501. The average Bonchev–Trinajstić information content (AvgIpc) is 2.81. The Morgan fingerprint density at radius 3 is 2.84 bits per heavy atom. The van der Waals surface area contributed by atoms with E-state index in [1.165, 1.54) is 12.1 Å². The number of nitrogens with one attached hydrogen (secondary N) is 2. The quantitative estimate of drug-likeness (QED) is 0.791. The van der Waals surface area contributed by atoms with Crippen molar-refractivity contribution in [2.75, 3.05) is 18.5 Å². The van der Waals surface area contributed by atoms with Crippen LogP contribution in [0.1, 0.15) is 16.8 Å². The molecule has 0 aliphatic carbocycles. The number of carbonyl (C=O) groups is 2. The summed E-state index contributed by atoms with van der Waals surface area (Å²) in [5.74, 6) is -1.19. The van der Waals surface area contributed by atoms with E-state index in [1.54, 1.807) is 6.07 Å². The second-order valence-corrected chi connectivity index (χ2v) is 4.53. The van der Waals surface area contributed by atoms with Crippen LogP contribution in [0.5, 0.6) is 0 Å². The molecule has 7 heteroatoms. The van der Waals surface area contributed by atoms with Crippen molar-refractivity contribution < 1.29 is 19.4 Å². The molecule has 0 aromatic heterocycles. The summed E-state index contributed by atoms with van der Waals surface area (Å²) in [6.07, 6.45) is 0.745. The maximum atomic E-state index is 11.7. The SMILES string of the molecule is O=C(Nc1cccc(Cl)c1C(=O)O)NC1CCOC1. The number of benzene rings is 1. The van der Waals surface area contributed by atoms with Gasteiger partial charge in [-0.15, -0.1) is 0 Å². The van der Waals surface area contributed by atoms with Gasteiger partial charge in [0.1, 0.15) is 5.56 Å². The van der Waals surface area contributed by atoms with Crippen LogP contribution in [0.25, 0.3) is 0 Å². The molecule has 1 aromatic rings. The number of halogens is 1. The molecule has 1 aliphatic heterocycles. The predicted octanol–water partition coefficient (Wildman–Crippen LogP) is 1.95. The van der Waals surface area contributed by atoms with Crippen LogP contribution >= 0.6 is 11.6 Å². The predicted molar refractivity (Wildman–Crippen MR) is 69.8 cm³/mol. The molecule has 1 heterocycles. The highest BCUT2D eigenvalue weighted by Crippen LogP contribution is 2.24. The fourth-order valence-electron chi connectivity index (χ4n) is 1.84. The van der Waals surface area contributed by atoms with E-state index in [2.05, 4.69) is 10.6 Å². The zero-order chi connectivity index (χ0) is 13.8. The first-order chi connectivity index (χ1) is 9.08. The first-order valence-corrected chi connectivity index (χ1v) is 6.13. The molecule has 1 unspecified atom stereocenters. The maximum Gasteiger partial charge on any atom is 0.339 e. The first kappa shape index (κ1) is 13.6. The number of hydrogen-bond acceptors (Lipinski definition) is 3. The maximum absolute atomic E-state index is 11.7. The Kier molecular flexibility index (Phi) is 4.24. The van der Waals surface area contributed by atoms with E-state index in [1.807, 2.05) is 0 Å². The largest absolute Gasteiger partial charge is 0.478 e. The van der Waals surface area contributed by atoms with Gasteiger partial charge in [-0.25, -0.2) is 9.59 Å². The molecule has 1 atom stereocenters. The number of aromatic carboxylic acids is 1. The standard InChI is InChI=1S/C12H13ClN2O4/c13-8-2-1-3-9(10(8)11(16)17)15-12(18)14-7-4-5-19-6-7/h1-3,7H,4-6H2,(H,16,17)(H2,14,15,18).